The van der Waals surface area contributed by atoms with E-state index in [1.807, 2.05) is 25.2 Å². The van der Waals surface area contributed by atoms with Gasteiger partial charge < -0.3 is 15.0 Å². The third-order valence-electron chi connectivity index (χ3n) is 3.54. The smallest absolute Gasteiger partial charge is 0.260 e. The van der Waals surface area contributed by atoms with E-state index in [9.17, 15) is 4.79 Å². The summed E-state index contributed by atoms with van der Waals surface area (Å²) in [6, 6.07) is 7.95. The van der Waals surface area contributed by atoms with Crippen LogP contribution in [0.4, 0.5) is 0 Å². The van der Waals surface area contributed by atoms with Crippen molar-refractivity contribution in [2.24, 2.45) is 0 Å². The van der Waals surface area contributed by atoms with Crippen molar-refractivity contribution in [1.82, 2.24) is 10.2 Å². The highest BCUT2D eigenvalue weighted by molar-refractivity contribution is 5.77. The Bertz CT molecular complexity index is 421. The number of para-hydroxylation sites is 1. The fraction of sp³-hybridized carbons (Fsp3) is 0.562. The van der Waals surface area contributed by atoms with Gasteiger partial charge in [0, 0.05) is 20.1 Å². The van der Waals surface area contributed by atoms with Crippen LogP contribution in [0.15, 0.2) is 24.3 Å². The number of hydrogen-bond acceptors (Lipinski definition) is 3. The standard InChI is InChI=1S/C16H26N2O2/c1-5-13(2)14-8-6-7-9-15(14)20-12-16(19)18(4)11-10-17-3/h6-9,13,17H,5,10-12H2,1-4H3. The highest BCUT2D eigenvalue weighted by atomic mass is 16.5. The van der Waals surface area contributed by atoms with E-state index >= 15 is 0 Å². The zero-order valence-electron chi connectivity index (χ0n) is 13.0. The first-order valence-corrected chi connectivity index (χ1v) is 7.20. The number of nitrogens with zero attached hydrogens (tertiary/aromatic N) is 1. The lowest BCUT2D eigenvalue weighted by Crippen LogP contribution is -2.36. The predicted molar refractivity (Wildman–Crippen MR) is 82.2 cm³/mol. The summed E-state index contributed by atoms with van der Waals surface area (Å²) in [7, 11) is 3.67. The Hall–Kier alpha value is -1.55. The molecule has 1 unspecified atom stereocenters. The van der Waals surface area contributed by atoms with E-state index in [-0.39, 0.29) is 12.5 Å². The Labute approximate surface area is 122 Å². The van der Waals surface area contributed by atoms with Gasteiger partial charge in [0.05, 0.1) is 0 Å². The molecule has 0 saturated heterocycles. The molecule has 0 radical (unpaired) electrons. The Balaban J connectivity index is 2.59. The van der Waals surface area contributed by atoms with Crippen molar-refractivity contribution in [2.75, 3.05) is 33.8 Å². The first-order chi connectivity index (χ1) is 9.60. The zero-order valence-corrected chi connectivity index (χ0v) is 13.0. The van der Waals surface area contributed by atoms with Gasteiger partial charge in [-0.1, -0.05) is 32.0 Å². The van der Waals surface area contributed by atoms with Crippen LogP contribution >= 0.6 is 0 Å². The highest BCUT2D eigenvalue weighted by Gasteiger charge is 2.13. The van der Waals surface area contributed by atoms with E-state index in [1.54, 1.807) is 11.9 Å². The molecule has 0 aliphatic rings. The fourth-order valence-corrected chi connectivity index (χ4v) is 1.89. The number of nitrogens with one attached hydrogen (secondary N) is 1. The lowest BCUT2D eigenvalue weighted by atomic mass is 9.98. The van der Waals surface area contributed by atoms with Gasteiger partial charge in [-0.2, -0.15) is 0 Å². The highest BCUT2D eigenvalue weighted by Crippen LogP contribution is 2.28. The predicted octanol–water partition coefficient (Wildman–Crippen LogP) is 2.26. The second-order valence-electron chi connectivity index (χ2n) is 5.05. The molecular weight excluding hydrogens is 252 g/mol. The van der Waals surface area contributed by atoms with Crippen LogP contribution in [-0.4, -0.2) is 44.6 Å². The van der Waals surface area contributed by atoms with Crippen molar-refractivity contribution in [3.63, 3.8) is 0 Å². The maximum absolute atomic E-state index is 11.9. The van der Waals surface area contributed by atoms with E-state index in [0.29, 0.717) is 12.5 Å². The first kappa shape index (κ1) is 16.5. The van der Waals surface area contributed by atoms with Gasteiger partial charge in [-0.3, -0.25) is 4.79 Å². The van der Waals surface area contributed by atoms with Crippen LogP contribution in [0.5, 0.6) is 5.75 Å². The number of rotatable bonds is 8. The monoisotopic (exact) mass is 278 g/mol. The van der Waals surface area contributed by atoms with Crippen LogP contribution in [0.1, 0.15) is 31.7 Å². The number of ether oxygens (including phenoxy) is 1. The molecule has 0 bridgehead atoms. The SMILES string of the molecule is CCC(C)c1ccccc1OCC(=O)N(C)CCNC. The third kappa shape index (κ3) is 4.85. The lowest BCUT2D eigenvalue weighted by Gasteiger charge is -2.19. The lowest BCUT2D eigenvalue weighted by molar-refractivity contribution is -0.132. The Kier molecular flexibility index (Phi) is 7.09. The molecule has 0 fully saturated rings. The van der Waals surface area contributed by atoms with Crippen LogP contribution in [-0.2, 0) is 4.79 Å². The van der Waals surface area contributed by atoms with E-state index in [1.165, 1.54) is 5.56 Å². The molecule has 1 rings (SSSR count). The molecule has 0 spiro atoms. The van der Waals surface area contributed by atoms with Gasteiger partial charge in [0.15, 0.2) is 6.61 Å². The van der Waals surface area contributed by atoms with E-state index < -0.39 is 0 Å². The second kappa shape index (κ2) is 8.59. The first-order valence-electron chi connectivity index (χ1n) is 7.20. The van der Waals surface area contributed by atoms with Crippen LogP contribution in [0.3, 0.4) is 0 Å². The average Bonchev–Trinajstić information content (AvgIpc) is 2.49. The summed E-state index contributed by atoms with van der Waals surface area (Å²) >= 11 is 0. The minimum Gasteiger partial charge on any atom is -0.483 e. The van der Waals surface area contributed by atoms with E-state index in [2.05, 4.69) is 25.2 Å². The van der Waals surface area contributed by atoms with Gasteiger partial charge in [0.2, 0.25) is 0 Å². The van der Waals surface area contributed by atoms with Gasteiger partial charge in [0.25, 0.3) is 5.91 Å². The molecule has 20 heavy (non-hydrogen) atoms. The molecule has 1 N–H and O–H groups in total. The molecule has 112 valence electrons. The van der Waals surface area contributed by atoms with Gasteiger partial charge >= 0.3 is 0 Å². The Morgan fingerprint density at radius 3 is 2.75 bits per heavy atom. The third-order valence-corrected chi connectivity index (χ3v) is 3.54. The number of likely N-dealkylation sites (N-methyl/N-ethyl adjacent to an activating group) is 2. The second-order valence-corrected chi connectivity index (χ2v) is 5.05. The molecule has 1 amide bonds. The number of amides is 1. The molecule has 4 heteroatoms. The Morgan fingerprint density at radius 1 is 1.40 bits per heavy atom. The van der Waals surface area contributed by atoms with E-state index in [4.69, 9.17) is 4.74 Å². The van der Waals surface area contributed by atoms with Crippen molar-refractivity contribution >= 4 is 5.91 Å². The topological polar surface area (TPSA) is 41.6 Å². The van der Waals surface area contributed by atoms with Gasteiger partial charge in [-0.25, -0.2) is 0 Å². The normalized spacial score (nSPS) is 12.0. The number of carbonyl (C=O) groups excluding carboxylic acids is 1. The molecule has 1 aromatic rings. The summed E-state index contributed by atoms with van der Waals surface area (Å²) in [4.78, 5) is 13.6. The molecule has 4 nitrogen and oxygen atoms in total. The zero-order chi connectivity index (χ0) is 15.0. The molecule has 1 atom stereocenters. The summed E-state index contributed by atoms with van der Waals surface area (Å²) < 4.78 is 5.71. The summed E-state index contributed by atoms with van der Waals surface area (Å²) in [5.41, 5.74) is 1.17. The molecule has 0 heterocycles. The average molecular weight is 278 g/mol. The minimum absolute atomic E-state index is 0.000736. The van der Waals surface area contributed by atoms with Crippen molar-refractivity contribution in [3.05, 3.63) is 29.8 Å². The maximum atomic E-state index is 11.9. The Morgan fingerprint density at radius 2 is 2.10 bits per heavy atom. The molecule has 1 aromatic carbocycles. The quantitative estimate of drug-likeness (QED) is 0.793. The van der Waals surface area contributed by atoms with Crippen molar-refractivity contribution in [1.29, 1.82) is 0 Å². The molecule has 0 saturated carbocycles. The number of hydrogen-bond donors (Lipinski definition) is 1. The van der Waals surface area contributed by atoms with Gasteiger partial charge in [0.1, 0.15) is 5.75 Å². The van der Waals surface area contributed by atoms with Crippen LogP contribution in [0.25, 0.3) is 0 Å². The molecule has 0 aliphatic carbocycles. The van der Waals surface area contributed by atoms with Crippen LogP contribution in [0.2, 0.25) is 0 Å². The summed E-state index contributed by atoms with van der Waals surface area (Å²) in [5.74, 6) is 1.25. The largest absolute Gasteiger partial charge is 0.483 e. The van der Waals surface area contributed by atoms with Crippen molar-refractivity contribution < 1.29 is 9.53 Å². The molecule has 0 aromatic heterocycles. The maximum Gasteiger partial charge on any atom is 0.260 e. The number of benzene rings is 1. The van der Waals surface area contributed by atoms with Gasteiger partial charge in [-0.15, -0.1) is 0 Å². The number of carbonyl (C=O) groups is 1. The minimum atomic E-state index is -0.000736. The summed E-state index contributed by atoms with van der Waals surface area (Å²) in [5, 5.41) is 3.02. The summed E-state index contributed by atoms with van der Waals surface area (Å²) in [6.07, 6.45) is 1.05. The van der Waals surface area contributed by atoms with Crippen LogP contribution < -0.4 is 10.1 Å². The van der Waals surface area contributed by atoms with Crippen LogP contribution in [0, 0.1) is 0 Å². The van der Waals surface area contributed by atoms with Gasteiger partial charge in [-0.05, 0) is 31.0 Å². The van der Waals surface area contributed by atoms with Crippen molar-refractivity contribution in [3.8, 4) is 5.75 Å². The summed E-state index contributed by atoms with van der Waals surface area (Å²) in [6.45, 7) is 5.88. The van der Waals surface area contributed by atoms with Crippen molar-refractivity contribution in [2.45, 2.75) is 26.2 Å². The molecular formula is C16H26N2O2. The fourth-order valence-electron chi connectivity index (χ4n) is 1.89. The molecule has 0 aliphatic heterocycles. The van der Waals surface area contributed by atoms with E-state index in [0.717, 1.165) is 18.7 Å².